The molecule has 1 aromatic carbocycles. The number of rotatable bonds is 3. The molecule has 1 fully saturated rings. The monoisotopic (exact) mass is 373 g/mol. The number of hydrogen-bond donors (Lipinski definition) is 0. The summed E-state index contributed by atoms with van der Waals surface area (Å²) in [6.45, 7) is 1.41. The van der Waals surface area contributed by atoms with Gasteiger partial charge >= 0.3 is 5.69 Å². The lowest BCUT2D eigenvalue weighted by Gasteiger charge is -2.14. The molecule has 1 atom stereocenters. The van der Waals surface area contributed by atoms with E-state index in [1.165, 1.54) is 11.6 Å². The van der Waals surface area contributed by atoms with Crippen molar-refractivity contribution in [2.45, 2.75) is 25.5 Å². The summed E-state index contributed by atoms with van der Waals surface area (Å²) in [6.07, 6.45) is 4.03. The largest absolute Gasteiger partial charge is 0.376 e. The Labute approximate surface area is 155 Å². The smallest absolute Gasteiger partial charge is 0.330 e. The van der Waals surface area contributed by atoms with E-state index in [9.17, 15) is 9.59 Å². The van der Waals surface area contributed by atoms with E-state index in [1.54, 1.807) is 19.2 Å². The maximum absolute atomic E-state index is 12.9. The lowest BCUT2D eigenvalue weighted by Crippen LogP contribution is -2.36. The van der Waals surface area contributed by atoms with Crippen LogP contribution in [-0.2, 0) is 25.4 Å². The van der Waals surface area contributed by atoms with Crippen LogP contribution in [0.4, 0.5) is 0 Å². The van der Waals surface area contributed by atoms with E-state index in [-0.39, 0.29) is 17.4 Å². The first-order valence-corrected chi connectivity index (χ1v) is 9.01. The Morgan fingerprint density at radius 2 is 1.88 bits per heavy atom. The third kappa shape index (κ3) is 2.70. The molecule has 6 nitrogen and oxygen atoms in total. The average molecular weight is 374 g/mol. The summed E-state index contributed by atoms with van der Waals surface area (Å²) in [4.78, 5) is 25.2. The summed E-state index contributed by atoms with van der Waals surface area (Å²) in [6, 6.07) is 7.40. The molecule has 0 N–H and O–H groups in total. The maximum atomic E-state index is 12.9. The van der Waals surface area contributed by atoms with E-state index >= 15 is 0 Å². The van der Waals surface area contributed by atoms with E-state index < -0.39 is 0 Å². The number of aryl methyl sites for hydroxylation is 1. The Hall–Kier alpha value is -2.31. The molecule has 1 unspecified atom stereocenters. The van der Waals surface area contributed by atoms with Gasteiger partial charge in [-0.3, -0.25) is 13.9 Å². The zero-order valence-electron chi connectivity index (χ0n) is 14.7. The highest BCUT2D eigenvalue weighted by molar-refractivity contribution is 6.30. The number of fused-ring (bicyclic) bond motifs is 1. The minimum Gasteiger partial charge on any atom is -0.376 e. The van der Waals surface area contributed by atoms with Crippen LogP contribution in [0.1, 0.15) is 12.8 Å². The van der Waals surface area contributed by atoms with Gasteiger partial charge in [0, 0.05) is 38.5 Å². The molecule has 3 aromatic rings. The number of hydrogen-bond acceptors (Lipinski definition) is 3. The van der Waals surface area contributed by atoms with E-state index in [1.807, 2.05) is 22.9 Å². The molecule has 3 heterocycles. The van der Waals surface area contributed by atoms with Crippen molar-refractivity contribution in [3.8, 4) is 11.3 Å². The van der Waals surface area contributed by atoms with Crippen molar-refractivity contribution in [1.29, 1.82) is 0 Å². The van der Waals surface area contributed by atoms with Gasteiger partial charge in [-0.1, -0.05) is 23.7 Å². The zero-order chi connectivity index (χ0) is 18.4. The number of aromatic nitrogens is 3. The van der Waals surface area contributed by atoms with Crippen LogP contribution in [0.25, 0.3) is 22.2 Å². The molecule has 26 heavy (non-hydrogen) atoms. The molecule has 1 saturated heterocycles. The number of nitrogens with zero attached hydrogens (tertiary/aromatic N) is 3. The van der Waals surface area contributed by atoms with Crippen molar-refractivity contribution in [2.75, 3.05) is 6.61 Å². The van der Waals surface area contributed by atoms with Gasteiger partial charge in [0.15, 0.2) is 0 Å². The number of ether oxygens (including phenoxy) is 1. The van der Waals surface area contributed by atoms with Gasteiger partial charge in [-0.15, -0.1) is 0 Å². The van der Waals surface area contributed by atoms with Crippen molar-refractivity contribution in [3.05, 3.63) is 56.3 Å². The van der Waals surface area contributed by atoms with E-state index in [4.69, 9.17) is 16.3 Å². The molecule has 0 amide bonds. The lowest BCUT2D eigenvalue weighted by molar-refractivity contribution is 0.0975. The van der Waals surface area contributed by atoms with Crippen molar-refractivity contribution >= 4 is 22.5 Å². The minimum absolute atomic E-state index is 0.115. The summed E-state index contributed by atoms with van der Waals surface area (Å²) in [7, 11) is 3.19. The highest BCUT2D eigenvalue weighted by Gasteiger charge is 2.23. The third-order valence-electron chi connectivity index (χ3n) is 5.05. The Balaban J connectivity index is 2.02. The second kappa shape index (κ2) is 6.45. The van der Waals surface area contributed by atoms with Gasteiger partial charge in [-0.2, -0.15) is 0 Å². The molecular weight excluding hydrogens is 354 g/mol. The van der Waals surface area contributed by atoms with Crippen LogP contribution in [0.15, 0.2) is 40.1 Å². The Kier molecular flexibility index (Phi) is 4.25. The third-order valence-corrected chi connectivity index (χ3v) is 5.31. The molecular formula is C19H20ClN3O3. The van der Waals surface area contributed by atoms with Crippen LogP contribution in [0.3, 0.4) is 0 Å². The topological polar surface area (TPSA) is 58.2 Å². The first kappa shape index (κ1) is 17.1. The molecule has 0 bridgehead atoms. The van der Waals surface area contributed by atoms with Crippen LogP contribution in [0.5, 0.6) is 0 Å². The molecule has 0 spiro atoms. The fourth-order valence-electron chi connectivity index (χ4n) is 3.66. The molecule has 2 aromatic heterocycles. The van der Waals surface area contributed by atoms with Gasteiger partial charge in [0.2, 0.25) is 0 Å². The van der Waals surface area contributed by atoms with Crippen molar-refractivity contribution < 1.29 is 4.74 Å². The SMILES string of the molecule is Cn1c(=O)c2c(-c3ccc(Cl)cc3)n(CC3CCCO3)cc2n(C)c1=O. The molecule has 0 aliphatic carbocycles. The summed E-state index contributed by atoms with van der Waals surface area (Å²) >= 11 is 6.03. The average Bonchev–Trinajstić information content (AvgIpc) is 3.27. The standard InChI is InChI=1S/C19H20ClN3O3/c1-21-15-11-23(10-14-4-3-9-26-14)17(12-5-7-13(20)8-6-12)16(15)18(24)22(2)19(21)25/h5-8,11,14H,3-4,9-10H2,1-2H3. The summed E-state index contributed by atoms with van der Waals surface area (Å²) in [5.41, 5.74) is 1.68. The van der Waals surface area contributed by atoms with E-state index in [0.717, 1.165) is 35.3 Å². The Bertz CT molecular complexity index is 1090. The summed E-state index contributed by atoms with van der Waals surface area (Å²) < 4.78 is 10.5. The number of benzene rings is 1. The number of halogens is 1. The van der Waals surface area contributed by atoms with Gasteiger partial charge in [0.25, 0.3) is 5.56 Å². The van der Waals surface area contributed by atoms with Gasteiger partial charge in [-0.25, -0.2) is 4.79 Å². The lowest BCUT2D eigenvalue weighted by atomic mass is 10.1. The predicted molar refractivity (Wildman–Crippen MR) is 102 cm³/mol. The predicted octanol–water partition coefficient (Wildman–Crippen LogP) is 2.54. The second-order valence-electron chi connectivity index (χ2n) is 6.74. The summed E-state index contributed by atoms with van der Waals surface area (Å²) in [5.74, 6) is 0. The molecule has 0 saturated carbocycles. The van der Waals surface area contributed by atoms with E-state index in [0.29, 0.717) is 22.5 Å². The maximum Gasteiger partial charge on any atom is 0.330 e. The molecule has 4 rings (SSSR count). The van der Waals surface area contributed by atoms with Crippen LogP contribution in [-0.4, -0.2) is 26.4 Å². The van der Waals surface area contributed by atoms with Crippen molar-refractivity contribution in [2.24, 2.45) is 14.1 Å². The first-order chi connectivity index (χ1) is 12.5. The highest BCUT2D eigenvalue weighted by atomic mass is 35.5. The Morgan fingerprint density at radius 1 is 1.15 bits per heavy atom. The van der Waals surface area contributed by atoms with Crippen molar-refractivity contribution in [3.63, 3.8) is 0 Å². The van der Waals surface area contributed by atoms with Crippen LogP contribution >= 0.6 is 11.6 Å². The normalized spacial score (nSPS) is 17.3. The van der Waals surface area contributed by atoms with Gasteiger partial charge in [0.05, 0.1) is 22.7 Å². The fraction of sp³-hybridized carbons (Fsp3) is 0.368. The van der Waals surface area contributed by atoms with Gasteiger partial charge < -0.3 is 9.30 Å². The van der Waals surface area contributed by atoms with Crippen LogP contribution in [0, 0.1) is 0 Å². The van der Waals surface area contributed by atoms with Gasteiger partial charge in [-0.05, 0) is 30.5 Å². The molecule has 136 valence electrons. The molecule has 1 aliphatic heterocycles. The van der Waals surface area contributed by atoms with Crippen LogP contribution in [0.2, 0.25) is 5.02 Å². The summed E-state index contributed by atoms with van der Waals surface area (Å²) in [5, 5.41) is 1.17. The van der Waals surface area contributed by atoms with Crippen LogP contribution < -0.4 is 11.2 Å². The molecule has 7 heteroatoms. The minimum atomic E-state index is -0.334. The second-order valence-corrected chi connectivity index (χ2v) is 7.17. The Morgan fingerprint density at radius 3 is 2.54 bits per heavy atom. The first-order valence-electron chi connectivity index (χ1n) is 8.64. The highest BCUT2D eigenvalue weighted by Crippen LogP contribution is 2.30. The molecule has 1 aliphatic rings. The quantitative estimate of drug-likeness (QED) is 0.709. The molecule has 0 radical (unpaired) electrons. The fourth-order valence-corrected chi connectivity index (χ4v) is 3.79. The zero-order valence-corrected chi connectivity index (χ0v) is 15.5. The van der Waals surface area contributed by atoms with Gasteiger partial charge in [0.1, 0.15) is 0 Å². The van der Waals surface area contributed by atoms with E-state index in [2.05, 4.69) is 0 Å². The van der Waals surface area contributed by atoms with Crippen molar-refractivity contribution in [1.82, 2.24) is 13.7 Å².